The van der Waals surface area contributed by atoms with Crippen molar-refractivity contribution in [2.45, 2.75) is 50.7 Å². The Bertz CT molecular complexity index is 742. The van der Waals surface area contributed by atoms with Crippen LogP contribution in [-0.4, -0.2) is 68.4 Å². The molecule has 7 heteroatoms. The summed E-state index contributed by atoms with van der Waals surface area (Å²) in [5, 5.41) is 0. The van der Waals surface area contributed by atoms with Crippen LogP contribution in [0.15, 0.2) is 24.3 Å². The van der Waals surface area contributed by atoms with E-state index in [1.807, 2.05) is 41.1 Å². The van der Waals surface area contributed by atoms with Crippen molar-refractivity contribution in [3.8, 4) is 5.75 Å². The maximum absolute atomic E-state index is 13.1. The minimum absolute atomic E-state index is 0.0556. The number of rotatable bonds is 7. The van der Waals surface area contributed by atoms with Crippen LogP contribution in [0.5, 0.6) is 5.75 Å². The lowest BCUT2D eigenvalue weighted by Crippen LogP contribution is -2.50. The van der Waals surface area contributed by atoms with Crippen molar-refractivity contribution in [2.75, 3.05) is 32.2 Å². The zero-order valence-electron chi connectivity index (χ0n) is 16.3. The minimum Gasteiger partial charge on any atom is -0.497 e. The van der Waals surface area contributed by atoms with Crippen molar-refractivity contribution < 1.29 is 17.9 Å². The lowest BCUT2D eigenvalue weighted by molar-refractivity contribution is -0.136. The van der Waals surface area contributed by atoms with E-state index in [2.05, 4.69) is 0 Å². The van der Waals surface area contributed by atoms with Crippen molar-refractivity contribution >= 4 is 15.7 Å². The maximum atomic E-state index is 13.1. The fraction of sp³-hybridized carbons (Fsp3) is 0.650. The summed E-state index contributed by atoms with van der Waals surface area (Å²) in [5.74, 6) is 1.19. The van der Waals surface area contributed by atoms with Gasteiger partial charge in [-0.1, -0.05) is 25.0 Å². The maximum Gasteiger partial charge on any atom is 0.237 e. The molecule has 0 aromatic heterocycles. The Morgan fingerprint density at radius 1 is 1.11 bits per heavy atom. The van der Waals surface area contributed by atoms with Gasteiger partial charge in [0, 0.05) is 18.6 Å². The highest BCUT2D eigenvalue weighted by molar-refractivity contribution is 7.91. The second-order valence-electron chi connectivity index (χ2n) is 7.82. The number of nitrogens with zero attached hydrogens (tertiary/aromatic N) is 2. The molecule has 0 N–H and O–H groups in total. The van der Waals surface area contributed by atoms with E-state index in [1.54, 1.807) is 7.11 Å². The van der Waals surface area contributed by atoms with Crippen LogP contribution in [0.2, 0.25) is 0 Å². The van der Waals surface area contributed by atoms with E-state index in [0.717, 1.165) is 37.0 Å². The van der Waals surface area contributed by atoms with Gasteiger partial charge < -0.3 is 9.64 Å². The molecule has 1 heterocycles. The van der Waals surface area contributed by atoms with Crippen molar-refractivity contribution in [3.63, 3.8) is 0 Å². The van der Waals surface area contributed by atoms with E-state index in [4.69, 9.17) is 4.74 Å². The third-order valence-corrected chi connectivity index (χ3v) is 7.37. The SMILES string of the molecule is COc1ccc(CN(C)CC(=O)N(C2CCCC2)[C@H]2CCS(=O)(=O)C2)cc1. The topological polar surface area (TPSA) is 66.9 Å². The van der Waals surface area contributed by atoms with Crippen molar-refractivity contribution in [2.24, 2.45) is 0 Å². The first-order chi connectivity index (χ1) is 12.9. The molecular weight excluding hydrogens is 364 g/mol. The first kappa shape index (κ1) is 20.1. The largest absolute Gasteiger partial charge is 0.497 e. The monoisotopic (exact) mass is 394 g/mol. The van der Waals surface area contributed by atoms with Gasteiger partial charge in [-0.3, -0.25) is 9.69 Å². The smallest absolute Gasteiger partial charge is 0.237 e. The van der Waals surface area contributed by atoms with Gasteiger partial charge in [-0.15, -0.1) is 0 Å². The molecule has 1 aromatic carbocycles. The highest BCUT2D eigenvalue weighted by Crippen LogP contribution is 2.29. The molecule has 1 aliphatic carbocycles. The quantitative estimate of drug-likeness (QED) is 0.708. The van der Waals surface area contributed by atoms with Crippen molar-refractivity contribution in [1.29, 1.82) is 0 Å². The number of ether oxygens (including phenoxy) is 1. The Hall–Kier alpha value is -1.60. The number of sulfone groups is 1. The van der Waals surface area contributed by atoms with Gasteiger partial charge in [0.25, 0.3) is 0 Å². The van der Waals surface area contributed by atoms with Crippen LogP contribution in [0.3, 0.4) is 0 Å². The molecule has 0 spiro atoms. The van der Waals surface area contributed by atoms with Crippen LogP contribution in [0.1, 0.15) is 37.7 Å². The van der Waals surface area contributed by atoms with Gasteiger partial charge in [0.15, 0.2) is 9.84 Å². The Kier molecular flexibility index (Phi) is 6.42. The van der Waals surface area contributed by atoms with Gasteiger partial charge in [-0.05, 0) is 44.0 Å². The fourth-order valence-electron chi connectivity index (χ4n) is 4.29. The Labute approximate surface area is 162 Å². The second-order valence-corrected chi connectivity index (χ2v) is 10.0. The lowest BCUT2D eigenvalue weighted by Gasteiger charge is -2.35. The lowest BCUT2D eigenvalue weighted by atomic mass is 10.1. The standard InChI is InChI=1S/C20H30N2O4S/c1-21(13-16-7-9-19(26-2)10-8-16)14-20(23)22(17-5-3-4-6-17)18-11-12-27(24,25)15-18/h7-10,17-18H,3-6,11-15H2,1-2H3/t18-/m0/s1. The fourth-order valence-corrected chi connectivity index (χ4v) is 6.01. The van der Waals surface area contributed by atoms with Crippen LogP contribution in [0.4, 0.5) is 0 Å². The number of carbonyl (C=O) groups is 1. The van der Waals surface area contributed by atoms with Crippen molar-refractivity contribution in [1.82, 2.24) is 9.80 Å². The first-order valence-corrected chi connectivity index (χ1v) is 11.5. The summed E-state index contributed by atoms with van der Waals surface area (Å²) in [6.45, 7) is 0.969. The molecule has 6 nitrogen and oxygen atoms in total. The Morgan fingerprint density at radius 3 is 2.33 bits per heavy atom. The average Bonchev–Trinajstić information content (AvgIpc) is 3.26. The van der Waals surface area contributed by atoms with E-state index in [9.17, 15) is 13.2 Å². The molecule has 0 radical (unpaired) electrons. The summed E-state index contributed by atoms with van der Waals surface area (Å²) in [7, 11) is 0.564. The summed E-state index contributed by atoms with van der Waals surface area (Å²) in [4.78, 5) is 17.0. The molecule has 1 aromatic rings. The van der Waals surface area contributed by atoms with Crippen molar-refractivity contribution in [3.05, 3.63) is 29.8 Å². The molecule has 0 bridgehead atoms. The number of hydrogen-bond donors (Lipinski definition) is 0. The van der Waals surface area contributed by atoms with E-state index in [0.29, 0.717) is 19.5 Å². The molecule has 2 aliphatic rings. The van der Waals surface area contributed by atoms with E-state index in [1.165, 1.54) is 0 Å². The molecule has 1 saturated carbocycles. The van der Waals surface area contributed by atoms with E-state index >= 15 is 0 Å². The number of amides is 1. The summed E-state index contributed by atoms with van der Waals surface area (Å²) in [6.07, 6.45) is 4.80. The third-order valence-electron chi connectivity index (χ3n) is 5.62. The number of methoxy groups -OCH3 is 1. The predicted molar refractivity (Wildman–Crippen MR) is 105 cm³/mol. The Morgan fingerprint density at radius 2 is 1.78 bits per heavy atom. The molecule has 1 amide bonds. The van der Waals surface area contributed by atoms with E-state index < -0.39 is 9.84 Å². The van der Waals surface area contributed by atoms with E-state index in [-0.39, 0.29) is 29.5 Å². The van der Waals surface area contributed by atoms with Gasteiger partial charge in [-0.25, -0.2) is 8.42 Å². The highest BCUT2D eigenvalue weighted by atomic mass is 32.2. The van der Waals surface area contributed by atoms with Crippen LogP contribution >= 0.6 is 0 Å². The summed E-state index contributed by atoms with van der Waals surface area (Å²) in [6, 6.07) is 7.87. The third kappa shape index (κ3) is 5.23. The zero-order valence-corrected chi connectivity index (χ0v) is 17.1. The average molecular weight is 395 g/mol. The molecule has 1 aliphatic heterocycles. The molecule has 150 valence electrons. The molecule has 1 saturated heterocycles. The Balaban J connectivity index is 1.64. The van der Waals surface area contributed by atoms with Gasteiger partial charge in [0.2, 0.25) is 5.91 Å². The molecule has 0 unspecified atom stereocenters. The predicted octanol–water partition coefficient (Wildman–Crippen LogP) is 2.09. The summed E-state index contributed by atoms with van der Waals surface area (Å²) < 4.78 is 29.1. The molecule has 27 heavy (non-hydrogen) atoms. The second kappa shape index (κ2) is 8.61. The van der Waals surface area contributed by atoms with Gasteiger partial charge in [-0.2, -0.15) is 0 Å². The molecule has 2 fully saturated rings. The van der Waals surface area contributed by atoms with Crippen LogP contribution < -0.4 is 4.74 Å². The summed E-state index contributed by atoms with van der Waals surface area (Å²) >= 11 is 0. The molecule has 3 rings (SSSR count). The molecular formula is C20H30N2O4S. The number of carbonyl (C=O) groups excluding carboxylic acids is 1. The number of benzene rings is 1. The van der Waals surface area contributed by atoms with Gasteiger partial charge in [0.05, 0.1) is 25.2 Å². The normalized spacial score (nSPS) is 22.3. The highest BCUT2D eigenvalue weighted by Gasteiger charge is 2.39. The van der Waals surface area contributed by atoms with Gasteiger partial charge >= 0.3 is 0 Å². The van der Waals surface area contributed by atoms with Crippen LogP contribution in [0, 0.1) is 0 Å². The van der Waals surface area contributed by atoms with Gasteiger partial charge in [0.1, 0.15) is 5.75 Å². The zero-order chi connectivity index (χ0) is 19.4. The number of hydrogen-bond acceptors (Lipinski definition) is 5. The number of likely N-dealkylation sites (N-methyl/N-ethyl adjacent to an activating group) is 1. The minimum atomic E-state index is -3.01. The first-order valence-electron chi connectivity index (χ1n) is 9.71. The molecule has 1 atom stereocenters. The van der Waals surface area contributed by atoms with Crippen LogP contribution in [-0.2, 0) is 21.2 Å². The van der Waals surface area contributed by atoms with Crippen LogP contribution in [0.25, 0.3) is 0 Å². The summed E-state index contributed by atoms with van der Waals surface area (Å²) in [5.41, 5.74) is 1.11.